The smallest absolute Gasteiger partial charge is 0.157 e. The molecule has 0 radical (unpaired) electrons. The third kappa shape index (κ3) is 3.12. The number of aliphatic imine (C=N–C) groups is 1. The molecule has 1 aliphatic heterocycles. The monoisotopic (exact) mass is 284 g/mol. The lowest BCUT2D eigenvalue weighted by molar-refractivity contribution is 0.409. The van der Waals surface area contributed by atoms with Crippen molar-refractivity contribution in [2.45, 2.75) is 25.1 Å². The second-order valence-corrected chi connectivity index (χ2v) is 5.76. The van der Waals surface area contributed by atoms with Gasteiger partial charge in [0.1, 0.15) is 5.75 Å². The van der Waals surface area contributed by atoms with E-state index in [0.717, 1.165) is 34.5 Å². The third-order valence-corrected chi connectivity index (χ3v) is 4.55. The average Bonchev–Trinajstić information content (AvgIpc) is 2.85. The minimum Gasteiger partial charge on any atom is -0.496 e. The largest absolute Gasteiger partial charge is 0.496 e. The van der Waals surface area contributed by atoms with Gasteiger partial charge in [0.15, 0.2) is 5.17 Å². The van der Waals surface area contributed by atoms with Crippen molar-refractivity contribution in [1.82, 2.24) is 5.32 Å². The van der Waals surface area contributed by atoms with Crippen LogP contribution in [0.3, 0.4) is 0 Å². The van der Waals surface area contributed by atoms with E-state index in [1.165, 1.54) is 0 Å². The fourth-order valence-electron chi connectivity index (χ4n) is 1.79. The highest BCUT2D eigenvalue weighted by Gasteiger charge is 2.18. The topological polar surface area (TPSA) is 33.6 Å². The van der Waals surface area contributed by atoms with Gasteiger partial charge in [0.2, 0.25) is 0 Å². The molecule has 0 aromatic heterocycles. The van der Waals surface area contributed by atoms with Gasteiger partial charge in [-0.25, -0.2) is 0 Å². The zero-order valence-electron chi connectivity index (χ0n) is 10.6. The van der Waals surface area contributed by atoms with Gasteiger partial charge in [-0.3, -0.25) is 4.99 Å². The number of nitrogens with one attached hydrogen (secondary N) is 1. The van der Waals surface area contributed by atoms with E-state index in [-0.39, 0.29) is 0 Å². The van der Waals surface area contributed by atoms with Crippen LogP contribution in [0.2, 0.25) is 5.02 Å². The number of methoxy groups -OCH3 is 1. The summed E-state index contributed by atoms with van der Waals surface area (Å²) in [6.45, 7) is 3.74. The van der Waals surface area contributed by atoms with E-state index in [1.807, 2.05) is 18.2 Å². The second-order valence-electron chi connectivity index (χ2n) is 4.07. The normalized spacial score (nSPS) is 18.6. The highest BCUT2D eigenvalue weighted by atomic mass is 35.5. The molecule has 0 amide bonds. The fourth-order valence-corrected chi connectivity index (χ4v) is 2.96. The Bertz CT molecular complexity index is 451. The van der Waals surface area contributed by atoms with Gasteiger partial charge in [-0.15, -0.1) is 0 Å². The summed E-state index contributed by atoms with van der Waals surface area (Å²) >= 11 is 7.99. The molecule has 1 aromatic carbocycles. The van der Waals surface area contributed by atoms with Gasteiger partial charge in [-0.1, -0.05) is 36.4 Å². The molecule has 3 nitrogen and oxygen atoms in total. The van der Waals surface area contributed by atoms with Crippen molar-refractivity contribution < 1.29 is 4.74 Å². The summed E-state index contributed by atoms with van der Waals surface area (Å²) in [5, 5.41) is 5.66. The van der Waals surface area contributed by atoms with Gasteiger partial charge in [-0.2, -0.15) is 0 Å². The van der Waals surface area contributed by atoms with Crippen LogP contribution in [0.1, 0.15) is 18.9 Å². The number of benzene rings is 1. The molecular formula is C13H17ClN2OS. The van der Waals surface area contributed by atoms with E-state index < -0.39 is 0 Å². The van der Waals surface area contributed by atoms with Gasteiger partial charge in [-0.05, 0) is 18.6 Å². The standard InChI is InChI=1S/C13H17ClN2OS/c1-3-9-7-15-13(18-9)16-8-10-11(14)5-4-6-12(10)17-2/h4-6,9H,3,7-8H2,1-2H3,(H,15,16). The molecule has 18 heavy (non-hydrogen) atoms. The summed E-state index contributed by atoms with van der Waals surface area (Å²) in [5.74, 6) is 0.811. The summed E-state index contributed by atoms with van der Waals surface area (Å²) in [4.78, 5) is 4.47. The fraction of sp³-hybridized carbons (Fsp3) is 0.462. The number of hydrogen-bond donors (Lipinski definition) is 1. The quantitative estimate of drug-likeness (QED) is 0.921. The Kier molecular flexibility index (Phi) is 4.78. The van der Waals surface area contributed by atoms with E-state index >= 15 is 0 Å². The van der Waals surface area contributed by atoms with Crippen molar-refractivity contribution in [3.05, 3.63) is 28.8 Å². The van der Waals surface area contributed by atoms with Crippen molar-refractivity contribution in [2.75, 3.05) is 13.7 Å². The van der Waals surface area contributed by atoms with Crippen LogP contribution >= 0.6 is 23.4 Å². The minimum atomic E-state index is 0.612. The SMILES string of the molecule is CCC1CN=C(NCc2c(Cl)cccc2OC)S1. The molecule has 0 saturated heterocycles. The maximum atomic E-state index is 6.18. The predicted molar refractivity (Wildman–Crippen MR) is 78.8 cm³/mol. The molecule has 1 aromatic rings. The Hall–Kier alpha value is -0.870. The van der Waals surface area contributed by atoms with Gasteiger partial charge in [0.25, 0.3) is 0 Å². The zero-order chi connectivity index (χ0) is 13.0. The number of hydrogen-bond acceptors (Lipinski definition) is 4. The van der Waals surface area contributed by atoms with Crippen molar-refractivity contribution in [3.63, 3.8) is 0 Å². The van der Waals surface area contributed by atoms with Crippen LogP contribution in [0.15, 0.2) is 23.2 Å². The van der Waals surface area contributed by atoms with E-state index in [2.05, 4.69) is 17.2 Å². The number of thioether (sulfide) groups is 1. The zero-order valence-corrected chi connectivity index (χ0v) is 12.1. The molecule has 0 saturated carbocycles. The molecule has 0 fully saturated rings. The number of amidine groups is 1. The predicted octanol–water partition coefficient (Wildman–Crippen LogP) is 3.32. The molecule has 0 spiro atoms. The molecule has 0 bridgehead atoms. The highest BCUT2D eigenvalue weighted by Crippen LogP contribution is 2.27. The first-order valence-electron chi connectivity index (χ1n) is 6.01. The summed E-state index contributed by atoms with van der Waals surface area (Å²) in [6.07, 6.45) is 1.15. The maximum absolute atomic E-state index is 6.18. The summed E-state index contributed by atoms with van der Waals surface area (Å²) in [7, 11) is 1.66. The number of rotatable bonds is 4. The van der Waals surface area contributed by atoms with Crippen LogP contribution in [-0.4, -0.2) is 24.1 Å². The number of halogens is 1. The molecule has 0 aliphatic carbocycles. The van der Waals surface area contributed by atoms with Crippen LogP contribution in [-0.2, 0) is 6.54 Å². The van der Waals surface area contributed by atoms with Crippen molar-refractivity contribution >= 4 is 28.5 Å². The molecule has 1 aliphatic rings. The van der Waals surface area contributed by atoms with Crippen LogP contribution < -0.4 is 10.1 Å². The highest BCUT2D eigenvalue weighted by molar-refractivity contribution is 8.14. The van der Waals surface area contributed by atoms with Crippen molar-refractivity contribution in [2.24, 2.45) is 4.99 Å². The van der Waals surface area contributed by atoms with Gasteiger partial charge in [0, 0.05) is 22.4 Å². The first-order chi connectivity index (χ1) is 8.74. The molecule has 1 unspecified atom stereocenters. The molecule has 5 heteroatoms. The first-order valence-corrected chi connectivity index (χ1v) is 7.26. The Morgan fingerprint density at radius 2 is 2.39 bits per heavy atom. The lowest BCUT2D eigenvalue weighted by Crippen LogP contribution is -2.19. The van der Waals surface area contributed by atoms with E-state index in [9.17, 15) is 0 Å². The summed E-state index contributed by atoms with van der Waals surface area (Å²) in [6, 6.07) is 5.68. The molecule has 98 valence electrons. The van der Waals surface area contributed by atoms with Crippen molar-refractivity contribution in [3.8, 4) is 5.75 Å². The van der Waals surface area contributed by atoms with Gasteiger partial charge in [0.05, 0.1) is 13.7 Å². The van der Waals surface area contributed by atoms with E-state index in [1.54, 1.807) is 18.9 Å². The number of ether oxygens (including phenoxy) is 1. The summed E-state index contributed by atoms with van der Waals surface area (Å²) in [5.41, 5.74) is 0.977. The molecule has 2 rings (SSSR count). The summed E-state index contributed by atoms with van der Waals surface area (Å²) < 4.78 is 5.31. The van der Waals surface area contributed by atoms with Crippen LogP contribution in [0.4, 0.5) is 0 Å². The van der Waals surface area contributed by atoms with Crippen LogP contribution in [0.5, 0.6) is 5.75 Å². The molecule has 1 atom stereocenters. The maximum Gasteiger partial charge on any atom is 0.157 e. The first kappa shape index (κ1) is 13.6. The number of nitrogens with zero attached hydrogens (tertiary/aromatic N) is 1. The molecular weight excluding hydrogens is 268 g/mol. The van der Waals surface area contributed by atoms with E-state index in [0.29, 0.717) is 11.8 Å². The lowest BCUT2D eigenvalue weighted by atomic mass is 10.2. The van der Waals surface area contributed by atoms with Crippen LogP contribution in [0, 0.1) is 0 Å². The Balaban J connectivity index is 1.99. The Morgan fingerprint density at radius 1 is 1.56 bits per heavy atom. The molecule has 1 heterocycles. The van der Waals surface area contributed by atoms with Crippen molar-refractivity contribution in [1.29, 1.82) is 0 Å². The Labute approximate surface area is 117 Å². The Morgan fingerprint density at radius 3 is 3.06 bits per heavy atom. The third-order valence-electron chi connectivity index (χ3n) is 2.88. The average molecular weight is 285 g/mol. The second kappa shape index (κ2) is 6.34. The minimum absolute atomic E-state index is 0.612. The lowest BCUT2D eigenvalue weighted by Gasteiger charge is -2.12. The van der Waals surface area contributed by atoms with E-state index in [4.69, 9.17) is 16.3 Å². The van der Waals surface area contributed by atoms with Crippen LogP contribution in [0.25, 0.3) is 0 Å². The van der Waals surface area contributed by atoms with Gasteiger partial charge < -0.3 is 10.1 Å². The molecule has 1 N–H and O–H groups in total. The van der Waals surface area contributed by atoms with Gasteiger partial charge >= 0.3 is 0 Å².